The molecule has 0 aliphatic rings. The van der Waals surface area contributed by atoms with E-state index in [0.29, 0.717) is 12.8 Å². The lowest BCUT2D eigenvalue weighted by atomic mass is 10.1. The van der Waals surface area contributed by atoms with Crippen LogP contribution in [0.1, 0.15) is 11.1 Å². The first kappa shape index (κ1) is 12.2. The van der Waals surface area contributed by atoms with Crippen molar-refractivity contribution in [1.82, 2.24) is 4.98 Å². The second kappa shape index (κ2) is 5.03. The number of benzene rings is 2. The third kappa shape index (κ3) is 2.23. The summed E-state index contributed by atoms with van der Waals surface area (Å²) in [4.78, 5) is 3.41. The van der Waals surface area contributed by atoms with Crippen LogP contribution < -0.4 is 0 Å². The van der Waals surface area contributed by atoms with Gasteiger partial charge in [-0.05, 0) is 36.1 Å². The number of aliphatic hydroxyl groups is 2. The molecule has 0 aliphatic heterocycles. The fourth-order valence-electron chi connectivity index (χ4n) is 2.57. The van der Waals surface area contributed by atoms with E-state index in [1.54, 1.807) is 0 Å². The van der Waals surface area contributed by atoms with Gasteiger partial charge >= 0.3 is 0 Å². The number of hydrogen-bond donors (Lipinski definition) is 3. The molecule has 0 bridgehead atoms. The zero-order chi connectivity index (χ0) is 13.2. The topological polar surface area (TPSA) is 56.2 Å². The predicted octanol–water partition coefficient (Wildman–Crippen LogP) is 2.39. The third-order valence-electron chi connectivity index (χ3n) is 3.53. The molecule has 1 aromatic heterocycles. The van der Waals surface area contributed by atoms with Crippen LogP contribution in [0.25, 0.3) is 21.8 Å². The van der Waals surface area contributed by atoms with Crippen molar-refractivity contribution in [3.8, 4) is 0 Å². The summed E-state index contributed by atoms with van der Waals surface area (Å²) in [6, 6.07) is 12.5. The number of rotatable bonds is 4. The van der Waals surface area contributed by atoms with E-state index in [2.05, 4.69) is 41.4 Å². The summed E-state index contributed by atoms with van der Waals surface area (Å²) in [6.45, 7) is 0.346. The lowest BCUT2D eigenvalue weighted by Crippen LogP contribution is -1.89. The zero-order valence-electron chi connectivity index (χ0n) is 10.7. The summed E-state index contributed by atoms with van der Waals surface area (Å²) in [7, 11) is 0. The molecule has 0 radical (unpaired) electrons. The van der Waals surface area contributed by atoms with Gasteiger partial charge < -0.3 is 15.2 Å². The van der Waals surface area contributed by atoms with Crippen molar-refractivity contribution in [2.24, 2.45) is 0 Å². The van der Waals surface area contributed by atoms with Gasteiger partial charge in [-0.1, -0.05) is 24.3 Å². The standard InChI is InChI=1S/C16H17NO2/c18-7-5-11-1-3-13-14-4-2-12(6-8-19)10-16(14)17-15(13)9-11/h1-4,9-10,17-19H,5-8H2. The summed E-state index contributed by atoms with van der Waals surface area (Å²) in [5, 5.41) is 20.4. The fourth-order valence-corrected chi connectivity index (χ4v) is 2.57. The molecule has 0 spiro atoms. The van der Waals surface area contributed by atoms with Crippen molar-refractivity contribution in [1.29, 1.82) is 0 Å². The largest absolute Gasteiger partial charge is 0.396 e. The molecule has 3 nitrogen and oxygen atoms in total. The van der Waals surface area contributed by atoms with Gasteiger partial charge in [0, 0.05) is 35.0 Å². The van der Waals surface area contributed by atoms with E-state index in [1.807, 2.05) is 0 Å². The van der Waals surface area contributed by atoms with E-state index < -0.39 is 0 Å². The highest BCUT2D eigenvalue weighted by molar-refractivity contribution is 6.07. The Bertz CT molecular complexity index is 655. The van der Waals surface area contributed by atoms with E-state index in [1.165, 1.54) is 10.8 Å². The van der Waals surface area contributed by atoms with Crippen LogP contribution in [0.4, 0.5) is 0 Å². The Hall–Kier alpha value is -1.84. The van der Waals surface area contributed by atoms with Gasteiger partial charge in [0.25, 0.3) is 0 Å². The Labute approximate surface area is 111 Å². The molecule has 0 saturated carbocycles. The molecule has 1 heterocycles. The Balaban J connectivity index is 2.14. The summed E-state index contributed by atoms with van der Waals surface area (Å²) in [5.74, 6) is 0. The minimum absolute atomic E-state index is 0.173. The summed E-state index contributed by atoms with van der Waals surface area (Å²) < 4.78 is 0. The Kier molecular flexibility index (Phi) is 3.23. The van der Waals surface area contributed by atoms with E-state index in [4.69, 9.17) is 10.2 Å². The van der Waals surface area contributed by atoms with Gasteiger partial charge in [-0.15, -0.1) is 0 Å². The van der Waals surface area contributed by atoms with E-state index in [0.717, 1.165) is 22.2 Å². The van der Waals surface area contributed by atoms with Gasteiger partial charge in [-0.2, -0.15) is 0 Å². The predicted molar refractivity (Wildman–Crippen MR) is 77.4 cm³/mol. The third-order valence-corrected chi connectivity index (χ3v) is 3.53. The molecule has 3 rings (SSSR count). The number of hydrogen-bond acceptors (Lipinski definition) is 2. The first-order valence-corrected chi connectivity index (χ1v) is 6.57. The summed E-state index contributed by atoms with van der Waals surface area (Å²) in [5.41, 5.74) is 4.47. The molecule has 0 unspecified atom stereocenters. The van der Waals surface area contributed by atoms with Crippen molar-refractivity contribution < 1.29 is 10.2 Å². The quantitative estimate of drug-likeness (QED) is 0.670. The van der Waals surface area contributed by atoms with Crippen LogP contribution in [-0.4, -0.2) is 28.4 Å². The number of aromatic amines is 1. The molecular formula is C16H17NO2. The van der Waals surface area contributed by atoms with Gasteiger partial charge in [0.15, 0.2) is 0 Å². The molecular weight excluding hydrogens is 238 g/mol. The number of aromatic nitrogens is 1. The average molecular weight is 255 g/mol. The van der Waals surface area contributed by atoms with Crippen molar-refractivity contribution in [3.05, 3.63) is 47.5 Å². The number of nitrogens with one attached hydrogen (secondary N) is 1. The molecule has 0 fully saturated rings. The molecule has 2 aromatic carbocycles. The van der Waals surface area contributed by atoms with E-state index in [-0.39, 0.29) is 13.2 Å². The van der Waals surface area contributed by atoms with Crippen LogP contribution in [0.15, 0.2) is 36.4 Å². The van der Waals surface area contributed by atoms with Crippen LogP contribution in [0, 0.1) is 0 Å². The molecule has 0 amide bonds. The maximum Gasteiger partial charge on any atom is 0.0471 e. The smallest absolute Gasteiger partial charge is 0.0471 e. The van der Waals surface area contributed by atoms with Crippen LogP contribution in [0.3, 0.4) is 0 Å². The van der Waals surface area contributed by atoms with Crippen LogP contribution in [0.5, 0.6) is 0 Å². The van der Waals surface area contributed by atoms with E-state index >= 15 is 0 Å². The molecule has 3 heteroatoms. The van der Waals surface area contributed by atoms with Crippen molar-refractivity contribution in [2.45, 2.75) is 12.8 Å². The second-order valence-electron chi connectivity index (χ2n) is 4.83. The highest BCUT2D eigenvalue weighted by atomic mass is 16.3. The van der Waals surface area contributed by atoms with Gasteiger partial charge in [-0.25, -0.2) is 0 Å². The van der Waals surface area contributed by atoms with Crippen LogP contribution >= 0.6 is 0 Å². The summed E-state index contributed by atoms with van der Waals surface area (Å²) in [6.07, 6.45) is 1.36. The fraction of sp³-hybridized carbons (Fsp3) is 0.250. The first-order valence-electron chi connectivity index (χ1n) is 6.57. The molecule has 0 atom stereocenters. The molecule has 19 heavy (non-hydrogen) atoms. The lowest BCUT2D eigenvalue weighted by Gasteiger charge is -1.98. The maximum atomic E-state index is 8.99. The summed E-state index contributed by atoms with van der Waals surface area (Å²) >= 11 is 0. The Morgan fingerprint density at radius 3 is 1.63 bits per heavy atom. The molecule has 3 aromatic rings. The van der Waals surface area contributed by atoms with Crippen molar-refractivity contribution in [3.63, 3.8) is 0 Å². The number of H-pyrrole nitrogens is 1. The van der Waals surface area contributed by atoms with Crippen molar-refractivity contribution in [2.75, 3.05) is 13.2 Å². The zero-order valence-corrected chi connectivity index (χ0v) is 10.7. The molecule has 98 valence electrons. The number of aliphatic hydroxyl groups excluding tert-OH is 2. The van der Waals surface area contributed by atoms with E-state index in [9.17, 15) is 0 Å². The lowest BCUT2D eigenvalue weighted by molar-refractivity contribution is 0.299. The van der Waals surface area contributed by atoms with Gasteiger partial charge in [0.05, 0.1) is 0 Å². The van der Waals surface area contributed by atoms with Crippen LogP contribution in [-0.2, 0) is 12.8 Å². The maximum absolute atomic E-state index is 8.99. The van der Waals surface area contributed by atoms with Gasteiger partial charge in [0.2, 0.25) is 0 Å². The minimum Gasteiger partial charge on any atom is -0.396 e. The first-order chi connectivity index (χ1) is 9.31. The monoisotopic (exact) mass is 255 g/mol. The minimum atomic E-state index is 0.173. The highest BCUT2D eigenvalue weighted by Gasteiger charge is 2.05. The number of fused-ring (bicyclic) bond motifs is 3. The normalized spacial score (nSPS) is 11.5. The average Bonchev–Trinajstić information content (AvgIpc) is 2.76. The SMILES string of the molecule is OCCc1ccc2c(c1)[nH]c1cc(CCO)ccc12. The Morgan fingerprint density at radius 1 is 0.737 bits per heavy atom. The Morgan fingerprint density at radius 2 is 1.21 bits per heavy atom. The van der Waals surface area contributed by atoms with Gasteiger partial charge in [0.1, 0.15) is 0 Å². The van der Waals surface area contributed by atoms with Crippen LogP contribution in [0.2, 0.25) is 0 Å². The van der Waals surface area contributed by atoms with Gasteiger partial charge in [-0.3, -0.25) is 0 Å². The van der Waals surface area contributed by atoms with Crippen molar-refractivity contribution >= 4 is 21.8 Å². The molecule has 3 N–H and O–H groups in total. The molecule has 0 aliphatic carbocycles. The second-order valence-corrected chi connectivity index (χ2v) is 4.83. The molecule has 0 saturated heterocycles. The highest BCUT2D eigenvalue weighted by Crippen LogP contribution is 2.27.